The Labute approximate surface area is 84.0 Å². The molecule has 1 saturated carbocycles. The average Bonchev–Trinajstić information content (AvgIpc) is 2.89. The predicted molar refractivity (Wildman–Crippen MR) is 54.5 cm³/mol. The maximum absolute atomic E-state index is 5.45. The molecule has 78 valence electrons. The molecule has 2 rings (SSSR count). The third kappa shape index (κ3) is 3.03. The number of H-pyrrole nitrogens is 1. The second-order valence-electron chi connectivity index (χ2n) is 3.82. The van der Waals surface area contributed by atoms with E-state index in [2.05, 4.69) is 15.5 Å². The summed E-state index contributed by atoms with van der Waals surface area (Å²) in [7, 11) is 0. The number of aromatic amines is 1. The number of nitrogens with one attached hydrogen (secondary N) is 2. The highest BCUT2D eigenvalue weighted by Gasteiger charge is 2.19. The lowest BCUT2D eigenvalue weighted by atomic mass is 10.4. The van der Waals surface area contributed by atoms with Crippen molar-refractivity contribution in [2.75, 3.05) is 13.2 Å². The van der Waals surface area contributed by atoms with E-state index in [1.807, 2.05) is 13.0 Å². The Hall–Kier alpha value is -1.03. The zero-order valence-electron chi connectivity index (χ0n) is 8.55. The van der Waals surface area contributed by atoms with Crippen LogP contribution in [0.4, 0.5) is 0 Å². The summed E-state index contributed by atoms with van der Waals surface area (Å²) in [5.74, 6) is 0.703. The quantitative estimate of drug-likeness (QED) is 0.671. The third-order valence-corrected chi connectivity index (χ3v) is 2.26. The minimum Gasteiger partial charge on any atom is -0.477 e. The number of nitrogens with zero attached hydrogens (tertiary/aromatic N) is 1. The lowest BCUT2D eigenvalue weighted by Crippen LogP contribution is -2.19. The molecular formula is C10H17N3O. The fourth-order valence-electron chi connectivity index (χ4n) is 1.31. The highest BCUT2D eigenvalue weighted by atomic mass is 16.5. The second kappa shape index (κ2) is 4.46. The number of ether oxygens (including phenoxy) is 1. The summed E-state index contributed by atoms with van der Waals surface area (Å²) < 4.78 is 5.45. The largest absolute Gasteiger partial charge is 0.477 e. The Bertz CT molecular complexity index is 281. The lowest BCUT2D eigenvalue weighted by molar-refractivity contribution is 0.296. The van der Waals surface area contributed by atoms with Crippen LogP contribution in [0.3, 0.4) is 0 Å². The smallest absolute Gasteiger partial charge is 0.232 e. The van der Waals surface area contributed by atoms with Crippen molar-refractivity contribution in [1.29, 1.82) is 0 Å². The fraction of sp³-hybridized carbons (Fsp3) is 0.700. The SMILES string of the molecule is Cc1cc(OCCCNC2CC2)n[nH]1. The molecule has 1 aromatic rings. The van der Waals surface area contributed by atoms with Gasteiger partial charge in [-0.05, 0) is 32.7 Å². The van der Waals surface area contributed by atoms with Crippen LogP contribution < -0.4 is 10.1 Å². The Balaban J connectivity index is 1.53. The molecule has 4 heteroatoms. The van der Waals surface area contributed by atoms with E-state index in [4.69, 9.17) is 4.74 Å². The average molecular weight is 195 g/mol. The van der Waals surface area contributed by atoms with Gasteiger partial charge < -0.3 is 10.1 Å². The Morgan fingerprint density at radius 3 is 3.14 bits per heavy atom. The first-order valence-electron chi connectivity index (χ1n) is 5.23. The van der Waals surface area contributed by atoms with Crippen molar-refractivity contribution in [3.63, 3.8) is 0 Å². The van der Waals surface area contributed by atoms with E-state index in [9.17, 15) is 0 Å². The number of aryl methyl sites for hydroxylation is 1. The van der Waals surface area contributed by atoms with Crippen molar-refractivity contribution < 1.29 is 4.74 Å². The van der Waals surface area contributed by atoms with E-state index in [0.29, 0.717) is 5.88 Å². The summed E-state index contributed by atoms with van der Waals surface area (Å²) in [6.07, 6.45) is 3.74. The van der Waals surface area contributed by atoms with Crippen LogP contribution in [0.25, 0.3) is 0 Å². The number of aromatic nitrogens is 2. The van der Waals surface area contributed by atoms with Gasteiger partial charge in [-0.25, -0.2) is 0 Å². The molecule has 1 fully saturated rings. The van der Waals surface area contributed by atoms with Crippen molar-refractivity contribution in [2.45, 2.75) is 32.2 Å². The van der Waals surface area contributed by atoms with Gasteiger partial charge in [0.1, 0.15) is 0 Å². The molecule has 2 N–H and O–H groups in total. The van der Waals surface area contributed by atoms with Gasteiger partial charge in [0.05, 0.1) is 6.61 Å². The maximum Gasteiger partial charge on any atom is 0.232 e. The topological polar surface area (TPSA) is 49.9 Å². The second-order valence-corrected chi connectivity index (χ2v) is 3.82. The standard InChI is InChI=1S/C10H17N3O/c1-8-7-10(13-12-8)14-6-2-5-11-9-3-4-9/h7,9,11H,2-6H2,1H3,(H,12,13). The molecule has 0 amide bonds. The van der Waals surface area contributed by atoms with Gasteiger partial charge in [0.15, 0.2) is 0 Å². The first-order valence-corrected chi connectivity index (χ1v) is 5.23. The molecule has 14 heavy (non-hydrogen) atoms. The molecule has 0 spiro atoms. The molecule has 1 aliphatic rings. The molecular weight excluding hydrogens is 178 g/mol. The number of hydrogen-bond donors (Lipinski definition) is 2. The predicted octanol–water partition coefficient (Wildman–Crippen LogP) is 1.24. The van der Waals surface area contributed by atoms with Crippen LogP contribution >= 0.6 is 0 Å². The van der Waals surface area contributed by atoms with Crippen LogP contribution in [0.5, 0.6) is 5.88 Å². The van der Waals surface area contributed by atoms with Crippen molar-refractivity contribution in [3.05, 3.63) is 11.8 Å². The minimum atomic E-state index is 0.703. The van der Waals surface area contributed by atoms with Gasteiger partial charge in [0.2, 0.25) is 5.88 Å². The Morgan fingerprint density at radius 2 is 2.50 bits per heavy atom. The zero-order valence-corrected chi connectivity index (χ0v) is 8.55. The van der Waals surface area contributed by atoms with E-state index in [1.54, 1.807) is 0 Å². The number of hydrogen-bond acceptors (Lipinski definition) is 3. The van der Waals surface area contributed by atoms with Gasteiger partial charge in [-0.3, -0.25) is 5.10 Å². The third-order valence-electron chi connectivity index (χ3n) is 2.26. The molecule has 0 atom stereocenters. The zero-order chi connectivity index (χ0) is 9.80. The van der Waals surface area contributed by atoms with Crippen molar-refractivity contribution in [1.82, 2.24) is 15.5 Å². The highest BCUT2D eigenvalue weighted by Crippen LogP contribution is 2.18. The van der Waals surface area contributed by atoms with Crippen LogP contribution in [-0.4, -0.2) is 29.4 Å². The Morgan fingerprint density at radius 1 is 1.64 bits per heavy atom. The monoisotopic (exact) mass is 195 g/mol. The summed E-state index contributed by atoms with van der Waals surface area (Å²) in [5.41, 5.74) is 1.04. The van der Waals surface area contributed by atoms with Gasteiger partial charge in [0, 0.05) is 17.8 Å². The van der Waals surface area contributed by atoms with Crippen molar-refractivity contribution in [3.8, 4) is 5.88 Å². The Kier molecular flexibility index (Phi) is 3.03. The summed E-state index contributed by atoms with van der Waals surface area (Å²) in [6.45, 7) is 3.76. The normalized spacial score (nSPS) is 15.8. The lowest BCUT2D eigenvalue weighted by Gasteiger charge is -2.03. The van der Waals surface area contributed by atoms with Gasteiger partial charge in [0.25, 0.3) is 0 Å². The first-order chi connectivity index (χ1) is 6.84. The molecule has 0 aromatic carbocycles. The summed E-state index contributed by atoms with van der Waals surface area (Å²) in [4.78, 5) is 0. The van der Waals surface area contributed by atoms with E-state index in [1.165, 1.54) is 12.8 Å². The molecule has 1 aromatic heterocycles. The van der Waals surface area contributed by atoms with Crippen molar-refractivity contribution in [2.24, 2.45) is 0 Å². The van der Waals surface area contributed by atoms with Crippen molar-refractivity contribution >= 4 is 0 Å². The van der Waals surface area contributed by atoms with E-state index in [-0.39, 0.29) is 0 Å². The molecule has 4 nitrogen and oxygen atoms in total. The van der Waals surface area contributed by atoms with Gasteiger partial charge in [-0.2, -0.15) is 0 Å². The van der Waals surface area contributed by atoms with E-state index in [0.717, 1.165) is 31.3 Å². The minimum absolute atomic E-state index is 0.703. The summed E-state index contributed by atoms with van der Waals surface area (Å²) in [6, 6.07) is 2.71. The molecule has 0 unspecified atom stereocenters. The molecule has 1 heterocycles. The van der Waals surface area contributed by atoms with Crippen LogP contribution in [0.1, 0.15) is 25.0 Å². The molecule has 0 aliphatic heterocycles. The summed E-state index contributed by atoms with van der Waals surface area (Å²) in [5, 5.41) is 10.3. The first kappa shape index (κ1) is 9.52. The fourth-order valence-corrected chi connectivity index (χ4v) is 1.31. The van der Waals surface area contributed by atoms with Gasteiger partial charge in [-0.1, -0.05) is 0 Å². The van der Waals surface area contributed by atoms with Crippen LogP contribution in [-0.2, 0) is 0 Å². The van der Waals surface area contributed by atoms with Crippen LogP contribution in [0.15, 0.2) is 6.07 Å². The molecule has 0 saturated heterocycles. The molecule has 0 radical (unpaired) electrons. The highest BCUT2D eigenvalue weighted by molar-refractivity contribution is 5.11. The van der Waals surface area contributed by atoms with Gasteiger partial charge >= 0.3 is 0 Å². The van der Waals surface area contributed by atoms with Crippen LogP contribution in [0.2, 0.25) is 0 Å². The van der Waals surface area contributed by atoms with Gasteiger partial charge in [-0.15, -0.1) is 5.10 Å². The number of rotatable bonds is 6. The maximum atomic E-state index is 5.45. The van der Waals surface area contributed by atoms with E-state index >= 15 is 0 Å². The molecule has 0 bridgehead atoms. The molecule has 1 aliphatic carbocycles. The summed E-state index contributed by atoms with van der Waals surface area (Å²) >= 11 is 0. The van der Waals surface area contributed by atoms with E-state index < -0.39 is 0 Å². The van der Waals surface area contributed by atoms with Crippen LogP contribution in [0, 0.1) is 6.92 Å².